The maximum atomic E-state index is 12.2. The summed E-state index contributed by atoms with van der Waals surface area (Å²) in [5, 5.41) is 9.03. The first-order valence-electron chi connectivity index (χ1n) is 6.74. The van der Waals surface area contributed by atoms with E-state index >= 15 is 0 Å². The second kappa shape index (κ2) is 6.55. The lowest BCUT2D eigenvalue weighted by Gasteiger charge is -2.18. The molecule has 1 aromatic carbocycles. The van der Waals surface area contributed by atoms with Gasteiger partial charge >= 0.3 is 5.97 Å². The van der Waals surface area contributed by atoms with E-state index in [4.69, 9.17) is 9.84 Å². The highest BCUT2D eigenvalue weighted by molar-refractivity contribution is 7.89. The number of ether oxygens (including phenoxy) is 1. The quantitative estimate of drug-likeness (QED) is 0.811. The summed E-state index contributed by atoms with van der Waals surface area (Å²) in [6, 6.07) is 8.64. The van der Waals surface area contributed by atoms with Gasteiger partial charge in [-0.2, -0.15) is 0 Å². The smallest absolute Gasteiger partial charge is 0.310 e. The van der Waals surface area contributed by atoms with Crippen molar-refractivity contribution in [1.29, 1.82) is 0 Å². The van der Waals surface area contributed by atoms with Crippen molar-refractivity contribution in [2.75, 3.05) is 19.0 Å². The van der Waals surface area contributed by atoms with Crippen LogP contribution in [0.4, 0.5) is 0 Å². The molecule has 1 aromatic rings. The minimum atomic E-state index is -3.57. The molecule has 21 heavy (non-hydrogen) atoms. The highest BCUT2D eigenvalue weighted by atomic mass is 32.2. The zero-order valence-electron chi connectivity index (χ0n) is 11.7. The maximum Gasteiger partial charge on any atom is 0.310 e. The monoisotopic (exact) mass is 313 g/mol. The van der Waals surface area contributed by atoms with Crippen molar-refractivity contribution < 1.29 is 23.1 Å². The molecule has 1 heterocycles. The van der Waals surface area contributed by atoms with Crippen LogP contribution in [0, 0.1) is 5.92 Å². The second-order valence-electron chi connectivity index (χ2n) is 5.30. The highest BCUT2D eigenvalue weighted by Gasteiger charge is 2.36. The van der Waals surface area contributed by atoms with Crippen LogP contribution in [0.15, 0.2) is 30.3 Å². The van der Waals surface area contributed by atoms with Crippen LogP contribution in [0.5, 0.6) is 0 Å². The summed E-state index contributed by atoms with van der Waals surface area (Å²) in [5.74, 6) is -2.13. The number of aliphatic carboxylic acids is 1. The number of nitrogens with one attached hydrogen (secondary N) is 1. The first kappa shape index (κ1) is 15.9. The Bertz CT molecular complexity index is 587. The Morgan fingerprint density at radius 1 is 1.38 bits per heavy atom. The predicted molar refractivity (Wildman–Crippen MR) is 77.5 cm³/mol. The average molecular weight is 313 g/mol. The van der Waals surface area contributed by atoms with Gasteiger partial charge in [-0.15, -0.1) is 0 Å². The number of hydrogen-bond donors (Lipinski definition) is 2. The fourth-order valence-electron chi connectivity index (χ4n) is 2.40. The normalized spacial score (nSPS) is 23.9. The fourth-order valence-corrected chi connectivity index (χ4v) is 4.04. The lowest BCUT2D eigenvalue weighted by Crippen LogP contribution is -2.44. The minimum absolute atomic E-state index is 0.0385. The molecule has 6 nitrogen and oxygen atoms in total. The molecular weight excluding hydrogens is 294 g/mol. The third-order valence-corrected chi connectivity index (χ3v) is 5.17. The molecule has 0 radical (unpaired) electrons. The number of carboxylic acids is 1. The van der Waals surface area contributed by atoms with Gasteiger partial charge in [0.25, 0.3) is 0 Å². The van der Waals surface area contributed by atoms with Gasteiger partial charge in [0.1, 0.15) is 0 Å². The summed E-state index contributed by atoms with van der Waals surface area (Å²) in [7, 11) is -3.57. The number of carbonyl (C=O) groups is 1. The molecule has 1 fully saturated rings. The molecule has 3 atom stereocenters. The van der Waals surface area contributed by atoms with Crippen LogP contribution in [-0.2, 0) is 19.6 Å². The zero-order chi connectivity index (χ0) is 15.5. The number of rotatable bonds is 6. The summed E-state index contributed by atoms with van der Waals surface area (Å²) in [6.07, 6.45) is 0. The van der Waals surface area contributed by atoms with Crippen molar-refractivity contribution in [3.05, 3.63) is 35.9 Å². The fraction of sp³-hybridized carbons (Fsp3) is 0.500. The minimum Gasteiger partial charge on any atom is -0.481 e. The van der Waals surface area contributed by atoms with Crippen molar-refractivity contribution in [2.45, 2.75) is 18.9 Å². The van der Waals surface area contributed by atoms with Gasteiger partial charge in [0.05, 0.1) is 30.9 Å². The van der Waals surface area contributed by atoms with E-state index in [1.54, 1.807) is 0 Å². The summed E-state index contributed by atoms with van der Waals surface area (Å²) >= 11 is 0. The van der Waals surface area contributed by atoms with Crippen LogP contribution < -0.4 is 4.72 Å². The molecule has 7 heteroatoms. The zero-order valence-corrected chi connectivity index (χ0v) is 12.5. The van der Waals surface area contributed by atoms with Gasteiger partial charge in [-0.1, -0.05) is 37.3 Å². The van der Waals surface area contributed by atoms with E-state index in [9.17, 15) is 13.2 Å². The summed E-state index contributed by atoms with van der Waals surface area (Å²) in [5.41, 5.74) is 0.931. The molecule has 1 aliphatic rings. The van der Waals surface area contributed by atoms with Crippen LogP contribution in [0.3, 0.4) is 0 Å². The van der Waals surface area contributed by atoms with Crippen molar-refractivity contribution in [2.24, 2.45) is 5.92 Å². The third kappa shape index (κ3) is 4.26. The topological polar surface area (TPSA) is 92.7 Å². The van der Waals surface area contributed by atoms with E-state index in [1.807, 2.05) is 37.3 Å². The Morgan fingerprint density at radius 3 is 2.67 bits per heavy atom. The van der Waals surface area contributed by atoms with Crippen molar-refractivity contribution in [3.8, 4) is 0 Å². The maximum absolute atomic E-state index is 12.2. The molecule has 0 aromatic heterocycles. The van der Waals surface area contributed by atoms with Crippen molar-refractivity contribution in [3.63, 3.8) is 0 Å². The van der Waals surface area contributed by atoms with Gasteiger partial charge in [-0.3, -0.25) is 4.79 Å². The molecule has 3 unspecified atom stereocenters. The van der Waals surface area contributed by atoms with E-state index in [-0.39, 0.29) is 24.9 Å². The molecule has 0 bridgehead atoms. The van der Waals surface area contributed by atoms with E-state index in [1.165, 1.54) is 0 Å². The Morgan fingerprint density at radius 2 is 2.05 bits per heavy atom. The van der Waals surface area contributed by atoms with E-state index in [0.29, 0.717) is 0 Å². The standard InChI is InChI=1S/C14H19NO5S/c1-10(11-5-3-2-4-6-11)9-21(18,19)15-13-8-20-7-12(13)14(16)17/h2-6,10,12-13,15H,7-9H2,1H3,(H,16,17). The van der Waals surface area contributed by atoms with Crippen LogP contribution in [-0.4, -0.2) is 44.5 Å². The average Bonchev–Trinajstić information content (AvgIpc) is 2.86. The van der Waals surface area contributed by atoms with Gasteiger partial charge in [-0.25, -0.2) is 13.1 Å². The van der Waals surface area contributed by atoms with Gasteiger partial charge < -0.3 is 9.84 Å². The van der Waals surface area contributed by atoms with Gasteiger partial charge in [0.15, 0.2) is 0 Å². The molecule has 1 aliphatic heterocycles. The first-order valence-corrected chi connectivity index (χ1v) is 8.40. The number of benzene rings is 1. The molecule has 0 amide bonds. The molecule has 0 aliphatic carbocycles. The molecule has 0 spiro atoms. The van der Waals surface area contributed by atoms with Gasteiger partial charge in [0.2, 0.25) is 10.0 Å². The molecule has 0 saturated carbocycles. The molecule has 2 rings (SSSR count). The Balaban J connectivity index is 2.00. The largest absolute Gasteiger partial charge is 0.481 e. The van der Waals surface area contributed by atoms with E-state index in [2.05, 4.69) is 4.72 Å². The van der Waals surface area contributed by atoms with Gasteiger partial charge in [0, 0.05) is 0 Å². The number of sulfonamides is 1. The van der Waals surface area contributed by atoms with Gasteiger partial charge in [-0.05, 0) is 11.5 Å². The lowest BCUT2D eigenvalue weighted by atomic mass is 10.0. The summed E-state index contributed by atoms with van der Waals surface area (Å²) in [4.78, 5) is 11.0. The molecule has 116 valence electrons. The second-order valence-corrected chi connectivity index (χ2v) is 7.10. The van der Waals surface area contributed by atoms with E-state index < -0.39 is 28.0 Å². The Hall–Kier alpha value is -1.44. The number of hydrogen-bond acceptors (Lipinski definition) is 4. The summed E-state index contributed by atoms with van der Waals surface area (Å²) in [6.45, 7) is 1.96. The predicted octanol–water partition coefficient (Wildman–Crippen LogP) is 0.809. The SMILES string of the molecule is CC(CS(=O)(=O)NC1COCC1C(=O)O)c1ccccc1. The molecule has 2 N–H and O–H groups in total. The van der Waals surface area contributed by atoms with Crippen LogP contribution in [0.2, 0.25) is 0 Å². The van der Waals surface area contributed by atoms with Crippen LogP contribution in [0.1, 0.15) is 18.4 Å². The van der Waals surface area contributed by atoms with Crippen molar-refractivity contribution in [1.82, 2.24) is 4.72 Å². The first-order chi connectivity index (χ1) is 9.89. The van der Waals surface area contributed by atoms with Crippen LogP contribution in [0.25, 0.3) is 0 Å². The molecule has 1 saturated heterocycles. The summed E-state index contributed by atoms with van der Waals surface area (Å²) < 4.78 is 31.9. The number of carboxylic acid groups (broad SMARTS) is 1. The van der Waals surface area contributed by atoms with Crippen molar-refractivity contribution >= 4 is 16.0 Å². The van der Waals surface area contributed by atoms with Crippen LogP contribution >= 0.6 is 0 Å². The lowest BCUT2D eigenvalue weighted by molar-refractivity contribution is -0.142. The molecular formula is C14H19NO5S. The highest BCUT2D eigenvalue weighted by Crippen LogP contribution is 2.19. The third-order valence-electron chi connectivity index (χ3n) is 3.57. The van der Waals surface area contributed by atoms with E-state index in [0.717, 1.165) is 5.56 Å². The Kier molecular flexibility index (Phi) is 4.97. The Labute approximate surface area is 124 Å².